The number of hydrogen-bond acceptors (Lipinski definition) is 7. The highest BCUT2D eigenvalue weighted by Gasteiger charge is 2.05. The summed E-state index contributed by atoms with van der Waals surface area (Å²) in [5, 5.41) is 9.91. The highest BCUT2D eigenvalue weighted by atomic mass is 16.5. The quantitative estimate of drug-likeness (QED) is 0.235. The van der Waals surface area contributed by atoms with Crippen LogP contribution in [0.15, 0.2) is 54.6 Å². The van der Waals surface area contributed by atoms with Gasteiger partial charge in [-0.25, -0.2) is 0 Å². The molecule has 0 heterocycles. The van der Waals surface area contributed by atoms with Crippen molar-refractivity contribution in [3.63, 3.8) is 0 Å². The van der Waals surface area contributed by atoms with Gasteiger partial charge in [0, 0.05) is 25.9 Å². The number of para-hydroxylation sites is 1. The van der Waals surface area contributed by atoms with Gasteiger partial charge in [-0.1, -0.05) is 44.0 Å². The average Bonchev–Trinajstić information content (AvgIpc) is 2.89. The zero-order valence-electron chi connectivity index (χ0n) is 21.1. The Morgan fingerprint density at radius 1 is 0.571 bits per heavy atom. The molecule has 0 saturated heterocycles. The maximum atomic E-state index is 9.91. The van der Waals surface area contributed by atoms with Gasteiger partial charge in [0.2, 0.25) is 0 Å². The Labute approximate surface area is 210 Å². The fourth-order valence-electron chi connectivity index (χ4n) is 3.13. The van der Waals surface area contributed by atoms with Crippen LogP contribution in [0.4, 0.5) is 0 Å². The summed E-state index contributed by atoms with van der Waals surface area (Å²) in [5.74, 6) is 2.28. The molecule has 2 aromatic rings. The van der Waals surface area contributed by atoms with E-state index < -0.39 is 6.10 Å². The maximum absolute atomic E-state index is 9.91. The van der Waals surface area contributed by atoms with Gasteiger partial charge < -0.3 is 33.5 Å². The van der Waals surface area contributed by atoms with Gasteiger partial charge in [0.05, 0.1) is 19.8 Å². The van der Waals surface area contributed by atoms with Crippen molar-refractivity contribution >= 4 is 0 Å². The van der Waals surface area contributed by atoms with Gasteiger partial charge in [0.25, 0.3) is 0 Å². The number of rotatable bonds is 22. The Kier molecular flexibility index (Phi) is 16.5. The van der Waals surface area contributed by atoms with Crippen LogP contribution in [0.25, 0.3) is 0 Å². The van der Waals surface area contributed by atoms with Crippen LogP contribution in [0.3, 0.4) is 0 Å². The molecular formula is C28H42O7. The summed E-state index contributed by atoms with van der Waals surface area (Å²) in [5.41, 5.74) is 0. The highest BCUT2D eigenvalue weighted by Crippen LogP contribution is 2.19. The number of unbranched alkanes of at least 4 members (excludes halogenated alkanes) is 3. The van der Waals surface area contributed by atoms with Crippen LogP contribution in [0.2, 0.25) is 0 Å². The molecule has 0 aromatic heterocycles. The molecule has 196 valence electrons. The lowest BCUT2D eigenvalue weighted by Gasteiger charge is -2.13. The second-order valence-electron chi connectivity index (χ2n) is 8.16. The van der Waals surface area contributed by atoms with Crippen molar-refractivity contribution in [3.05, 3.63) is 54.6 Å². The third-order valence-electron chi connectivity index (χ3n) is 5.01. The molecular weight excluding hydrogens is 448 g/mol. The standard InChI is InChI=1S/C28H42O7/c1-2-3-7-15-30-18-20-33-27-13-10-14-28(22-27)34-21-19-31-16-8-9-17-32-23-25(29)24-35-26-11-5-4-6-12-26/h4-6,10-14,22,25,29H,2-3,7-9,15-21,23-24H2,1H3. The third-order valence-corrected chi connectivity index (χ3v) is 5.01. The second-order valence-corrected chi connectivity index (χ2v) is 8.16. The summed E-state index contributed by atoms with van der Waals surface area (Å²) in [4.78, 5) is 0. The SMILES string of the molecule is CCCCCOCCOc1cccc(OCCOCCCCOCC(O)COc2ccccc2)c1. The maximum Gasteiger partial charge on any atom is 0.123 e. The lowest BCUT2D eigenvalue weighted by molar-refractivity contribution is 0.00889. The van der Waals surface area contributed by atoms with Gasteiger partial charge in [-0.2, -0.15) is 0 Å². The molecule has 1 unspecified atom stereocenters. The number of hydrogen-bond donors (Lipinski definition) is 1. The molecule has 1 atom stereocenters. The minimum Gasteiger partial charge on any atom is -0.491 e. The minimum atomic E-state index is -0.642. The molecule has 0 spiro atoms. The van der Waals surface area contributed by atoms with Crippen LogP contribution >= 0.6 is 0 Å². The molecule has 1 N–H and O–H groups in total. The Balaban J connectivity index is 1.39. The second kappa shape index (κ2) is 19.9. The fourth-order valence-corrected chi connectivity index (χ4v) is 3.13. The number of aliphatic hydroxyl groups is 1. The Bertz CT molecular complexity index is 741. The van der Waals surface area contributed by atoms with Gasteiger partial charge in [0.15, 0.2) is 0 Å². The van der Waals surface area contributed by atoms with Crippen molar-refractivity contribution in [1.29, 1.82) is 0 Å². The minimum absolute atomic E-state index is 0.218. The van der Waals surface area contributed by atoms with Gasteiger partial charge in [-0.05, 0) is 43.5 Å². The van der Waals surface area contributed by atoms with Crippen molar-refractivity contribution < 1.29 is 33.5 Å². The molecule has 0 radical (unpaired) electrons. The largest absolute Gasteiger partial charge is 0.491 e. The molecule has 0 fully saturated rings. The van der Waals surface area contributed by atoms with E-state index in [0.717, 1.165) is 43.1 Å². The molecule has 0 bridgehead atoms. The van der Waals surface area contributed by atoms with Crippen molar-refractivity contribution in [2.24, 2.45) is 0 Å². The van der Waals surface area contributed by atoms with Crippen molar-refractivity contribution in [3.8, 4) is 17.2 Å². The molecule has 0 amide bonds. The van der Waals surface area contributed by atoms with Crippen molar-refractivity contribution in [2.75, 3.05) is 59.5 Å². The molecule has 0 aliphatic rings. The monoisotopic (exact) mass is 490 g/mol. The zero-order chi connectivity index (χ0) is 24.8. The molecule has 7 nitrogen and oxygen atoms in total. The van der Waals surface area contributed by atoms with Gasteiger partial charge in [-0.3, -0.25) is 0 Å². The van der Waals surface area contributed by atoms with E-state index >= 15 is 0 Å². The first-order chi connectivity index (χ1) is 17.3. The van der Waals surface area contributed by atoms with Crippen molar-refractivity contribution in [1.82, 2.24) is 0 Å². The van der Waals surface area contributed by atoms with Crippen LogP contribution in [0.5, 0.6) is 17.2 Å². The normalized spacial score (nSPS) is 11.8. The average molecular weight is 491 g/mol. The fraction of sp³-hybridized carbons (Fsp3) is 0.571. The molecule has 2 rings (SSSR count). The van der Waals surface area contributed by atoms with E-state index in [1.807, 2.05) is 54.6 Å². The number of ether oxygens (including phenoxy) is 6. The van der Waals surface area contributed by atoms with Gasteiger partial charge in [0.1, 0.15) is 43.2 Å². The Morgan fingerprint density at radius 2 is 1.14 bits per heavy atom. The van der Waals surface area contributed by atoms with E-state index in [4.69, 9.17) is 28.4 Å². The molecule has 0 aliphatic heterocycles. The summed E-state index contributed by atoms with van der Waals surface area (Å²) < 4.78 is 33.7. The van der Waals surface area contributed by atoms with E-state index in [1.54, 1.807) is 0 Å². The lowest BCUT2D eigenvalue weighted by Crippen LogP contribution is -2.23. The van der Waals surface area contributed by atoms with Crippen LogP contribution < -0.4 is 14.2 Å². The van der Waals surface area contributed by atoms with E-state index in [2.05, 4.69) is 6.92 Å². The van der Waals surface area contributed by atoms with Crippen LogP contribution in [0, 0.1) is 0 Å². The summed E-state index contributed by atoms with van der Waals surface area (Å²) in [7, 11) is 0. The Morgan fingerprint density at radius 3 is 1.77 bits per heavy atom. The lowest BCUT2D eigenvalue weighted by atomic mass is 10.3. The zero-order valence-corrected chi connectivity index (χ0v) is 21.1. The first-order valence-electron chi connectivity index (χ1n) is 12.7. The van der Waals surface area contributed by atoms with E-state index in [9.17, 15) is 5.11 Å². The van der Waals surface area contributed by atoms with Crippen LogP contribution in [0.1, 0.15) is 39.0 Å². The summed E-state index contributed by atoms with van der Waals surface area (Å²) in [6.45, 7) is 6.81. The Hall–Kier alpha value is -2.32. The van der Waals surface area contributed by atoms with Crippen molar-refractivity contribution in [2.45, 2.75) is 45.1 Å². The third kappa shape index (κ3) is 15.3. The molecule has 0 saturated carbocycles. The predicted molar refractivity (Wildman–Crippen MR) is 137 cm³/mol. The molecule has 2 aromatic carbocycles. The van der Waals surface area contributed by atoms with Crippen LogP contribution in [-0.4, -0.2) is 70.7 Å². The van der Waals surface area contributed by atoms with Crippen LogP contribution in [-0.2, 0) is 14.2 Å². The molecule has 0 aliphatic carbocycles. The van der Waals surface area contributed by atoms with E-state index in [-0.39, 0.29) is 13.2 Å². The first kappa shape index (κ1) is 28.9. The first-order valence-corrected chi connectivity index (χ1v) is 12.7. The number of benzene rings is 2. The van der Waals surface area contributed by atoms with Gasteiger partial charge in [-0.15, -0.1) is 0 Å². The molecule has 35 heavy (non-hydrogen) atoms. The summed E-state index contributed by atoms with van der Waals surface area (Å²) >= 11 is 0. The van der Waals surface area contributed by atoms with E-state index in [1.165, 1.54) is 12.8 Å². The summed E-state index contributed by atoms with van der Waals surface area (Å²) in [6, 6.07) is 17.1. The van der Waals surface area contributed by atoms with E-state index in [0.29, 0.717) is 39.6 Å². The molecule has 7 heteroatoms. The predicted octanol–water partition coefficient (Wildman–Crippen LogP) is 4.90. The topological polar surface area (TPSA) is 75.6 Å². The highest BCUT2D eigenvalue weighted by molar-refractivity contribution is 5.32. The van der Waals surface area contributed by atoms with Gasteiger partial charge >= 0.3 is 0 Å². The number of aliphatic hydroxyl groups excluding tert-OH is 1. The smallest absolute Gasteiger partial charge is 0.123 e. The summed E-state index contributed by atoms with van der Waals surface area (Å²) in [6.07, 6.45) is 4.62.